The maximum Gasteiger partial charge on any atom is 0.126 e. The number of methoxy groups -OCH3 is 2. The zero-order chi connectivity index (χ0) is 14.3. The first-order valence-corrected chi connectivity index (χ1v) is 7.07. The maximum atomic E-state index is 5.48. The fraction of sp³-hybridized carbons (Fsp3) is 0.625. The summed E-state index contributed by atoms with van der Waals surface area (Å²) in [5, 5.41) is 3.48. The van der Waals surface area contributed by atoms with Gasteiger partial charge in [0.1, 0.15) is 11.5 Å². The molecule has 108 valence electrons. The van der Waals surface area contributed by atoms with Crippen molar-refractivity contribution in [2.45, 2.75) is 33.1 Å². The lowest BCUT2D eigenvalue weighted by Gasteiger charge is -2.24. The number of ether oxygens (including phenoxy) is 2. The van der Waals surface area contributed by atoms with Crippen LogP contribution in [0.2, 0.25) is 0 Å². The van der Waals surface area contributed by atoms with Crippen LogP contribution in [-0.2, 0) is 0 Å². The van der Waals surface area contributed by atoms with Crippen molar-refractivity contribution in [1.29, 1.82) is 0 Å². The van der Waals surface area contributed by atoms with Crippen LogP contribution in [0.1, 0.15) is 38.7 Å². The van der Waals surface area contributed by atoms with Crippen molar-refractivity contribution in [3.8, 4) is 11.5 Å². The van der Waals surface area contributed by atoms with Gasteiger partial charge in [0.05, 0.1) is 14.2 Å². The molecule has 1 rings (SSSR count). The van der Waals surface area contributed by atoms with Crippen LogP contribution >= 0.6 is 0 Å². The molecule has 19 heavy (non-hydrogen) atoms. The number of nitrogens with one attached hydrogen (secondary N) is 1. The Morgan fingerprint density at radius 3 is 2.16 bits per heavy atom. The minimum Gasteiger partial charge on any atom is -0.496 e. The van der Waals surface area contributed by atoms with Crippen molar-refractivity contribution < 1.29 is 9.47 Å². The van der Waals surface area contributed by atoms with Crippen molar-refractivity contribution in [3.05, 3.63) is 23.8 Å². The van der Waals surface area contributed by atoms with Crippen molar-refractivity contribution in [3.63, 3.8) is 0 Å². The highest BCUT2D eigenvalue weighted by Gasteiger charge is 2.21. The second-order valence-corrected chi connectivity index (χ2v) is 5.05. The summed E-state index contributed by atoms with van der Waals surface area (Å²) in [5.41, 5.74) is 1.17. The van der Waals surface area contributed by atoms with Crippen molar-refractivity contribution in [1.82, 2.24) is 5.32 Å². The quantitative estimate of drug-likeness (QED) is 0.730. The smallest absolute Gasteiger partial charge is 0.126 e. The topological polar surface area (TPSA) is 30.5 Å². The molecule has 0 saturated heterocycles. The minimum atomic E-state index is 0.385. The molecule has 0 saturated carbocycles. The highest BCUT2D eigenvalue weighted by molar-refractivity contribution is 5.47. The highest BCUT2D eigenvalue weighted by Crippen LogP contribution is 2.38. The maximum absolute atomic E-state index is 5.48. The van der Waals surface area contributed by atoms with Gasteiger partial charge in [0.25, 0.3) is 0 Å². The van der Waals surface area contributed by atoms with Gasteiger partial charge in [-0.25, -0.2) is 0 Å². The van der Waals surface area contributed by atoms with E-state index in [-0.39, 0.29) is 0 Å². The van der Waals surface area contributed by atoms with Crippen LogP contribution in [0.15, 0.2) is 18.2 Å². The Labute approximate surface area is 117 Å². The monoisotopic (exact) mass is 265 g/mol. The van der Waals surface area contributed by atoms with Crippen LogP contribution in [0.25, 0.3) is 0 Å². The zero-order valence-electron chi connectivity index (χ0n) is 12.8. The molecule has 0 aliphatic carbocycles. The molecule has 3 nitrogen and oxygen atoms in total. The number of rotatable bonds is 8. The summed E-state index contributed by atoms with van der Waals surface area (Å²) in [6.45, 7) is 8.76. The molecule has 0 fully saturated rings. The second kappa shape index (κ2) is 8.05. The predicted octanol–water partition coefficient (Wildman–Crippen LogP) is 3.44. The van der Waals surface area contributed by atoms with E-state index in [0.717, 1.165) is 24.6 Å². The standard InChI is InChI=1S/C16H27NO2/c1-6-10-17-11-12(2)13(3)16-14(18-4)8-7-9-15(16)19-5/h7-9,12-13,17H,6,10-11H2,1-5H3. The Hall–Kier alpha value is -1.22. The van der Waals surface area contributed by atoms with Gasteiger partial charge in [-0.05, 0) is 43.5 Å². The molecule has 0 spiro atoms. The lowest BCUT2D eigenvalue weighted by Crippen LogP contribution is -2.25. The summed E-state index contributed by atoms with van der Waals surface area (Å²) >= 11 is 0. The summed E-state index contributed by atoms with van der Waals surface area (Å²) in [4.78, 5) is 0. The first kappa shape index (κ1) is 15.8. The van der Waals surface area contributed by atoms with Gasteiger partial charge in [-0.2, -0.15) is 0 Å². The van der Waals surface area contributed by atoms with Gasteiger partial charge < -0.3 is 14.8 Å². The molecule has 0 radical (unpaired) electrons. The van der Waals surface area contributed by atoms with E-state index in [1.165, 1.54) is 12.0 Å². The fourth-order valence-corrected chi connectivity index (χ4v) is 2.30. The van der Waals surface area contributed by atoms with Gasteiger partial charge in [-0.1, -0.05) is 26.8 Å². The van der Waals surface area contributed by atoms with E-state index in [4.69, 9.17) is 9.47 Å². The fourth-order valence-electron chi connectivity index (χ4n) is 2.30. The SMILES string of the molecule is CCCNCC(C)C(C)c1c(OC)cccc1OC. The van der Waals surface area contributed by atoms with Crippen LogP contribution < -0.4 is 14.8 Å². The molecule has 0 aliphatic heterocycles. The highest BCUT2D eigenvalue weighted by atomic mass is 16.5. The minimum absolute atomic E-state index is 0.385. The molecule has 1 aromatic rings. The molecule has 0 bridgehead atoms. The average Bonchev–Trinajstić information content (AvgIpc) is 2.45. The van der Waals surface area contributed by atoms with Crippen molar-refractivity contribution in [2.75, 3.05) is 27.3 Å². The van der Waals surface area contributed by atoms with E-state index in [1.807, 2.05) is 18.2 Å². The Morgan fingerprint density at radius 2 is 1.68 bits per heavy atom. The third kappa shape index (κ3) is 4.13. The Kier molecular flexibility index (Phi) is 6.71. The third-order valence-corrected chi connectivity index (χ3v) is 3.67. The molecular formula is C16H27NO2. The van der Waals surface area contributed by atoms with Crippen LogP contribution in [0.3, 0.4) is 0 Å². The molecule has 1 N–H and O–H groups in total. The molecule has 2 unspecified atom stereocenters. The largest absolute Gasteiger partial charge is 0.496 e. The molecule has 0 amide bonds. The molecule has 0 aromatic heterocycles. The average molecular weight is 265 g/mol. The van der Waals surface area contributed by atoms with E-state index < -0.39 is 0 Å². The van der Waals surface area contributed by atoms with E-state index in [9.17, 15) is 0 Å². The molecular weight excluding hydrogens is 238 g/mol. The summed E-state index contributed by atoms with van der Waals surface area (Å²) in [5.74, 6) is 2.73. The zero-order valence-corrected chi connectivity index (χ0v) is 12.8. The van der Waals surface area contributed by atoms with E-state index in [0.29, 0.717) is 11.8 Å². The molecule has 0 heterocycles. The summed E-state index contributed by atoms with van der Waals surface area (Å²) in [6.07, 6.45) is 1.17. The van der Waals surface area contributed by atoms with E-state index >= 15 is 0 Å². The first-order chi connectivity index (χ1) is 9.15. The molecule has 2 atom stereocenters. The van der Waals surface area contributed by atoms with Crippen LogP contribution in [0.5, 0.6) is 11.5 Å². The summed E-state index contributed by atoms with van der Waals surface area (Å²) in [6, 6.07) is 5.97. The number of benzene rings is 1. The van der Waals surface area contributed by atoms with E-state index in [1.54, 1.807) is 14.2 Å². The van der Waals surface area contributed by atoms with Gasteiger partial charge >= 0.3 is 0 Å². The second-order valence-electron chi connectivity index (χ2n) is 5.05. The Morgan fingerprint density at radius 1 is 1.11 bits per heavy atom. The molecule has 0 aliphatic rings. The van der Waals surface area contributed by atoms with Gasteiger partial charge in [0.15, 0.2) is 0 Å². The Balaban J connectivity index is 2.87. The van der Waals surface area contributed by atoms with Gasteiger partial charge in [0.2, 0.25) is 0 Å². The molecule has 3 heteroatoms. The normalized spacial score (nSPS) is 13.9. The number of hydrogen-bond acceptors (Lipinski definition) is 3. The van der Waals surface area contributed by atoms with Crippen molar-refractivity contribution in [2.24, 2.45) is 5.92 Å². The first-order valence-electron chi connectivity index (χ1n) is 7.07. The lowest BCUT2D eigenvalue weighted by molar-refractivity contribution is 0.362. The lowest BCUT2D eigenvalue weighted by atomic mass is 9.87. The predicted molar refractivity (Wildman–Crippen MR) is 80.3 cm³/mol. The molecule has 1 aromatic carbocycles. The van der Waals surface area contributed by atoms with Crippen LogP contribution in [0, 0.1) is 5.92 Å². The van der Waals surface area contributed by atoms with Gasteiger partial charge in [0, 0.05) is 5.56 Å². The van der Waals surface area contributed by atoms with Gasteiger partial charge in [-0.15, -0.1) is 0 Å². The third-order valence-electron chi connectivity index (χ3n) is 3.67. The van der Waals surface area contributed by atoms with Crippen LogP contribution in [0.4, 0.5) is 0 Å². The van der Waals surface area contributed by atoms with Crippen molar-refractivity contribution >= 4 is 0 Å². The summed E-state index contributed by atoms with van der Waals surface area (Å²) in [7, 11) is 3.43. The Bertz CT molecular complexity index is 357. The van der Waals surface area contributed by atoms with E-state index in [2.05, 4.69) is 26.1 Å². The number of hydrogen-bond donors (Lipinski definition) is 1. The van der Waals surface area contributed by atoms with Gasteiger partial charge in [-0.3, -0.25) is 0 Å². The van der Waals surface area contributed by atoms with Crippen LogP contribution in [-0.4, -0.2) is 27.3 Å². The summed E-state index contributed by atoms with van der Waals surface area (Å²) < 4.78 is 11.0.